The van der Waals surface area contributed by atoms with Gasteiger partial charge in [-0.25, -0.2) is 4.98 Å². The average Bonchev–Trinajstić information content (AvgIpc) is 2.88. The number of hydrogen-bond acceptors (Lipinski definition) is 4. The number of nitrogens with zero attached hydrogens (tertiary/aromatic N) is 2. The van der Waals surface area contributed by atoms with Crippen LogP contribution < -0.4 is 5.32 Å². The molecule has 0 bridgehead atoms. The Morgan fingerprint density at radius 3 is 3.16 bits per heavy atom. The molecule has 3 nitrogen and oxygen atoms in total. The molecule has 96 valence electrons. The number of nitrogens with one attached hydrogen (secondary N) is 1. The topological polar surface area (TPSA) is 37.3 Å². The van der Waals surface area contributed by atoms with E-state index < -0.39 is 0 Å². The van der Waals surface area contributed by atoms with E-state index in [1.807, 2.05) is 24.4 Å². The molecule has 0 atom stereocenters. The molecule has 4 heteroatoms. The first-order chi connectivity index (χ1) is 9.35. The van der Waals surface area contributed by atoms with E-state index in [9.17, 15) is 0 Å². The quantitative estimate of drug-likeness (QED) is 0.917. The maximum atomic E-state index is 4.57. The summed E-state index contributed by atoms with van der Waals surface area (Å²) in [6.45, 7) is 5.49. The first-order valence-corrected chi connectivity index (χ1v) is 7.12. The van der Waals surface area contributed by atoms with Gasteiger partial charge in [-0.3, -0.25) is 4.99 Å². The summed E-state index contributed by atoms with van der Waals surface area (Å²) in [5.74, 6) is 0. The highest BCUT2D eigenvalue weighted by molar-refractivity contribution is 7.22. The smallest absolute Gasteiger partial charge is 0.184 e. The number of rotatable bonds is 4. The molecule has 0 aliphatic carbocycles. The third kappa shape index (κ3) is 2.74. The van der Waals surface area contributed by atoms with Crippen molar-refractivity contribution in [1.82, 2.24) is 4.98 Å². The Labute approximate surface area is 116 Å². The third-order valence-electron chi connectivity index (χ3n) is 3.01. The second-order valence-electron chi connectivity index (χ2n) is 4.41. The summed E-state index contributed by atoms with van der Waals surface area (Å²) in [7, 11) is 0. The fraction of sp³-hybridized carbons (Fsp3) is 0.200. The minimum Gasteiger partial charge on any atom is -0.357 e. The van der Waals surface area contributed by atoms with E-state index >= 15 is 0 Å². The number of aliphatic imine (C=N–C) groups is 1. The van der Waals surface area contributed by atoms with Gasteiger partial charge in [-0.2, -0.15) is 0 Å². The molecule has 0 unspecified atom stereocenters. The second-order valence-corrected chi connectivity index (χ2v) is 5.44. The maximum absolute atomic E-state index is 4.57. The van der Waals surface area contributed by atoms with Crippen LogP contribution in [0.15, 0.2) is 41.4 Å². The molecule has 1 aliphatic heterocycles. The predicted octanol–water partition coefficient (Wildman–Crippen LogP) is 3.75. The highest BCUT2D eigenvalue weighted by atomic mass is 32.1. The SMILES string of the molecule is C=Cc1ccc2nc(NCC3=CCCN=C3)sc2c1. The lowest BCUT2D eigenvalue weighted by Crippen LogP contribution is -2.07. The van der Waals surface area contributed by atoms with E-state index in [1.165, 1.54) is 10.3 Å². The molecule has 19 heavy (non-hydrogen) atoms. The van der Waals surface area contributed by atoms with Crippen LogP contribution >= 0.6 is 11.3 Å². The van der Waals surface area contributed by atoms with Gasteiger partial charge >= 0.3 is 0 Å². The largest absolute Gasteiger partial charge is 0.357 e. The number of aromatic nitrogens is 1. The zero-order valence-corrected chi connectivity index (χ0v) is 11.4. The van der Waals surface area contributed by atoms with Crippen molar-refractivity contribution in [2.75, 3.05) is 18.4 Å². The maximum Gasteiger partial charge on any atom is 0.184 e. The lowest BCUT2D eigenvalue weighted by atomic mass is 10.2. The Kier molecular flexibility index (Phi) is 3.42. The standard InChI is InChI=1S/C15H15N3S/c1-2-11-5-6-13-14(8-11)19-15(18-13)17-10-12-4-3-7-16-9-12/h2,4-6,8-9H,1,3,7,10H2,(H,17,18). The van der Waals surface area contributed by atoms with E-state index in [0.717, 1.165) is 35.7 Å². The number of dihydropyridines is 1. The molecule has 1 aromatic carbocycles. The number of anilines is 1. The van der Waals surface area contributed by atoms with Crippen molar-refractivity contribution in [3.8, 4) is 0 Å². The molecular formula is C15H15N3S. The van der Waals surface area contributed by atoms with Gasteiger partial charge in [0.25, 0.3) is 0 Å². The first-order valence-electron chi connectivity index (χ1n) is 6.31. The fourth-order valence-electron chi connectivity index (χ4n) is 2.00. The average molecular weight is 269 g/mol. The van der Waals surface area contributed by atoms with Gasteiger partial charge in [0.15, 0.2) is 5.13 Å². The van der Waals surface area contributed by atoms with Gasteiger partial charge in [-0.05, 0) is 29.7 Å². The number of hydrogen-bond donors (Lipinski definition) is 1. The van der Waals surface area contributed by atoms with Crippen molar-refractivity contribution in [2.45, 2.75) is 6.42 Å². The molecule has 2 aromatic rings. The Balaban J connectivity index is 1.76. The Bertz CT molecular complexity index is 667. The molecule has 1 N–H and O–H groups in total. The number of thiazole rings is 1. The van der Waals surface area contributed by atoms with Crippen LogP contribution in [-0.4, -0.2) is 24.3 Å². The van der Waals surface area contributed by atoms with Crippen LogP contribution in [0.1, 0.15) is 12.0 Å². The van der Waals surface area contributed by atoms with Gasteiger partial charge in [0.1, 0.15) is 0 Å². The highest BCUT2D eigenvalue weighted by Crippen LogP contribution is 2.27. The molecule has 0 saturated heterocycles. The zero-order valence-electron chi connectivity index (χ0n) is 10.6. The number of fused-ring (bicyclic) bond motifs is 1. The Hall–Kier alpha value is -1.94. The second kappa shape index (κ2) is 5.36. The van der Waals surface area contributed by atoms with E-state index in [0.29, 0.717) is 0 Å². The molecule has 2 heterocycles. The molecule has 0 saturated carbocycles. The van der Waals surface area contributed by atoms with Gasteiger partial charge in [0.2, 0.25) is 0 Å². The monoisotopic (exact) mass is 269 g/mol. The zero-order chi connectivity index (χ0) is 13.1. The Morgan fingerprint density at radius 1 is 1.42 bits per heavy atom. The van der Waals surface area contributed by atoms with Crippen LogP contribution in [-0.2, 0) is 0 Å². The highest BCUT2D eigenvalue weighted by Gasteiger charge is 2.05. The Morgan fingerprint density at radius 2 is 2.37 bits per heavy atom. The van der Waals surface area contributed by atoms with Crippen molar-refractivity contribution in [2.24, 2.45) is 4.99 Å². The van der Waals surface area contributed by atoms with Crippen molar-refractivity contribution in [3.63, 3.8) is 0 Å². The summed E-state index contributed by atoms with van der Waals surface area (Å²) in [5.41, 5.74) is 3.39. The lowest BCUT2D eigenvalue weighted by Gasteiger charge is -2.06. The summed E-state index contributed by atoms with van der Waals surface area (Å²) < 4.78 is 1.19. The molecule has 0 radical (unpaired) electrons. The fourth-order valence-corrected chi connectivity index (χ4v) is 2.91. The molecule has 1 aromatic heterocycles. The minimum atomic E-state index is 0.789. The van der Waals surface area contributed by atoms with Crippen molar-refractivity contribution < 1.29 is 0 Å². The first kappa shape index (κ1) is 12.1. The summed E-state index contributed by atoms with van der Waals surface area (Å²) >= 11 is 1.67. The molecular weight excluding hydrogens is 254 g/mol. The van der Waals surface area contributed by atoms with Crippen LogP contribution in [0.2, 0.25) is 0 Å². The minimum absolute atomic E-state index is 0.789. The van der Waals surface area contributed by atoms with Crippen LogP contribution in [0.25, 0.3) is 16.3 Å². The van der Waals surface area contributed by atoms with Gasteiger partial charge in [-0.1, -0.05) is 36.1 Å². The van der Waals surface area contributed by atoms with E-state index in [1.54, 1.807) is 11.3 Å². The normalized spacial score (nSPS) is 14.4. The van der Waals surface area contributed by atoms with Gasteiger partial charge in [0.05, 0.1) is 10.2 Å². The van der Waals surface area contributed by atoms with Crippen molar-refractivity contribution >= 4 is 39.0 Å². The summed E-state index contributed by atoms with van der Waals surface area (Å²) in [4.78, 5) is 8.85. The van der Waals surface area contributed by atoms with Crippen LogP contribution in [0.5, 0.6) is 0 Å². The van der Waals surface area contributed by atoms with E-state index in [4.69, 9.17) is 0 Å². The summed E-state index contributed by atoms with van der Waals surface area (Å²) in [6, 6.07) is 6.19. The third-order valence-corrected chi connectivity index (χ3v) is 3.99. The van der Waals surface area contributed by atoms with Gasteiger partial charge in [0, 0.05) is 19.3 Å². The molecule has 1 aliphatic rings. The molecule has 0 spiro atoms. The molecule has 0 fully saturated rings. The van der Waals surface area contributed by atoms with E-state index in [-0.39, 0.29) is 0 Å². The summed E-state index contributed by atoms with van der Waals surface area (Å²) in [5, 5.41) is 4.32. The number of benzene rings is 1. The predicted molar refractivity (Wildman–Crippen MR) is 84.3 cm³/mol. The lowest BCUT2D eigenvalue weighted by molar-refractivity contribution is 0.982. The van der Waals surface area contributed by atoms with Gasteiger partial charge in [-0.15, -0.1) is 0 Å². The van der Waals surface area contributed by atoms with Crippen LogP contribution in [0.3, 0.4) is 0 Å². The molecule has 0 amide bonds. The van der Waals surface area contributed by atoms with Gasteiger partial charge < -0.3 is 5.32 Å². The van der Waals surface area contributed by atoms with Crippen molar-refractivity contribution in [1.29, 1.82) is 0 Å². The summed E-state index contributed by atoms with van der Waals surface area (Å²) in [6.07, 6.45) is 7.06. The van der Waals surface area contributed by atoms with E-state index in [2.05, 4.69) is 34.0 Å². The van der Waals surface area contributed by atoms with Crippen molar-refractivity contribution in [3.05, 3.63) is 42.0 Å². The molecule has 3 rings (SSSR count). The van der Waals surface area contributed by atoms with Crippen LogP contribution in [0, 0.1) is 0 Å². The van der Waals surface area contributed by atoms with Crippen LogP contribution in [0.4, 0.5) is 5.13 Å².